The molecule has 0 saturated heterocycles. The Balaban J connectivity index is 1.37. The van der Waals surface area contributed by atoms with E-state index in [0.717, 1.165) is 10.6 Å². The lowest BCUT2D eigenvalue weighted by atomic mass is 10.2. The van der Waals surface area contributed by atoms with E-state index < -0.39 is 0 Å². The summed E-state index contributed by atoms with van der Waals surface area (Å²) in [6.07, 6.45) is 1.53. The number of carbonyl (C=O) groups is 1. The average Bonchev–Trinajstić information content (AvgIpc) is 3.21. The van der Waals surface area contributed by atoms with Crippen molar-refractivity contribution in [1.29, 1.82) is 0 Å². The monoisotopic (exact) mass is 399 g/mol. The molecular weight excluding hydrogens is 378 g/mol. The van der Waals surface area contributed by atoms with Crippen LogP contribution in [0.15, 0.2) is 46.8 Å². The van der Waals surface area contributed by atoms with Gasteiger partial charge in [0, 0.05) is 19.5 Å². The van der Waals surface area contributed by atoms with E-state index in [1.807, 2.05) is 36.6 Å². The van der Waals surface area contributed by atoms with Gasteiger partial charge in [0.15, 0.2) is 17.6 Å². The fourth-order valence-corrected chi connectivity index (χ4v) is 3.96. The van der Waals surface area contributed by atoms with Crippen LogP contribution in [0.3, 0.4) is 0 Å². The Kier molecular flexibility index (Phi) is 5.29. The molecule has 0 N–H and O–H groups in total. The number of nitrogens with zero attached hydrogens (tertiary/aromatic N) is 3. The van der Waals surface area contributed by atoms with Gasteiger partial charge < -0.3 is 14.4 Å². The molecule has 28 heavy (non-hydrogen) atoms. The second kappa shape index (κ2) is 8.02. The van der Waals surface area contributed by atoms with Crippen LogP contribution in [-0.2, 0) is 11.3 Å². The van der Waals surface area contributed by atoms with E-state index in [0.29, 0.717) is 37.4 Å². The lowest BCUT2D eigenvalue weighted by Crippen LogP contribution is -2.44. The Labute approximate surface area is 166 Å². The van der Waals surface area contributed by atoms with E-state index in [9.17, 15) is 9.59 Å². The molecule has 1 aliphatic heterocycles. The van der Waals surface area contributed by atoms with Gasteiger partial charge in [-0.15, -0.1) is 11.3 Å². The zero-order chi connectivity index (χ0) is 19.5. The maximum absolute atomic E-state index is 12.7. The molecule has 0 radical (unpaired) electrons. The third-order valence-electron chi connectivity index (χ3n) is 4.74. The van der Waals surface area contributed by atoms with E-state index >= 15 is 0 Å². The number of fused-ring (bicyclic) bond motifs is 2. The molecule has 8 heteroatoms. The highest BCUT2D eigenvalue weighted by molar-refractivity contribution is 7.16. The van der Waals surface area contributed by atoms with Crippen LogP contribution in [0, 0.1) is 0 Å². The van der Waals surface area contributed by atoms with Gasteiger partial charge >= 0.3 is 0 Å². The van der Waals surface area contributed by atoms with Crippen molar-refractivity contribution >= 4 is 27.5 Å². The van der Waals surface area contributed by atoms with E-state index in [1.165, 1.54) is 22.2 Å². The number of benzene rings is 1. The summed E-state index contributed by atoms with van der Waals surface area (Å²) < 4.78 is 13.2. The van der Waals surface area contributed by atoms with Crippen molar-refractivity contribution in [2.45, 2.75) is 26.0 Å². The number of aromatic nitrogens is 2. The molecular formula is C20H21N3O4S. The summed E-state index contributed by atoms with van der Waals surface area (Å²) in [5.74, 6) is 1.40. The van der Waals surface area contributed by atoms with Gasteiger partial charge in [0.2, 0.25) is 5.91 Å². The fraction of sp³-hybridized carbons (Fsp3) is 0.350. The van der Waals surface area contributed by atoms with Crippen LogP contribution in [-0.4, -0.2) is 46.2 Å². The highest BCUT2D eigenvalue weighted by atomic mass is 32.1. The van der Waals surface area contributed by atoms with Crippen molar-refractivity contribution in [3.8, 4) is 11.5 Å². The first-order chi connectivity index (χ1) is 13.7. The van der Waals surface area contributed by atoms with Crippen LogP contribution < -0.4 is 15.0 Å². The number of carbonyl (C=O) groups excluding carboxylic acids is 1. The predicted octanol–water partition coefficient (Wildman–Crippen LogP) is 2.54. The number of likely N-dealkylation sites (N-methyl/N-ethyl adjacent to an activating group) is 1. The molecule has 7 nitrogen and oxygen atoms in total. The number of hydrogen-bond acceptors (Lipinski definition) is 6. The zero-order valence-corrected chi connectivity index (χ0v) is 16.4. The Morgan fingerprint density at radius 1 is 1.32 bits per heavy atom. The van der Waals surface area contributed by atoms with Crippen molar-refractivity contribution in [2.24, 2.45) is 0 Å². The Bertz CT molecular complexity index is 1050. The molecule has 3 aromatic rings. The first kappa shape index (κ1) is 18.5. The first-order valence-corrected chi connectivity index (χ1v) is 10.1. The normalized spacial score (nSPS) is 15.5. The van der Waals surface area contributed by atoms with E-state index in [2.05, 4.69) is 4.98 Å². The SMILES string of the molecule is CCN(CC1COc2ccccc2O1)C(=O)CCn1cnc2sccc2c1=O. The molecule has 0 saturated carbocycles. The van der Waals surface area contributed by atoms with E-state index in [4.69, 9.17) is 9.47 Å². The largest absolute Gasteiger partial charge is 0.486 e. The molecule has 4 rings (SSSR count). The van der Waals surface area contributed by atoms with Crippen molar-refractivity contribution in [3.63, 3.8) is 0 Å². The molecule has 1 unspecified atom stereocenters. The maximum atomic E-state index is 12.7. The molecule has 1 atom stereocenters. The number of hydrogen-bond donors (Lipinski definition) is 0. The molecule has 1 amide bonds. The van der Waals surface area contributed by atoms with Crippen LogP contribution in [0.5, 0.6) is 11.5 Å². The summed E-state index contributed by atoms with van der Waals surface area (Å²) in [6, 6.07) is 9.28. The number of thiophene rings is 1. The van der Waals surface area contributed by atoms with Crippen LogP contribution in [0.1, 0.15) is 13.3 Å². The van der Waals surface area contributed by atoms with Gasteiger partial charge in [0.05, 0.1) is 18.3 Å². The summed E-state index contributed by atoms with van der Waals surface area (Å²) in [5, 5.41) is 2.44. The summed E-state index contributed by atoms with van der Waals surface area (Å²) in [6.45, 7) is 3.65. The highest BCUT2D eigenvalue weighted by Gasteiger charge is 2.24. The second-order valence-electron chi connectivity index (χ2n) is 6.56. The fourth-order valence-electron chi connectivity index (χ4n) is 3.23. The third-order valence-corrected chi connectivity index (χ3v) is 5.56. The molecule has 0 spiro atoms. The Morgan fingerprint density at radius 3 is 2.96 bits per heavy atom. The van der Waals surface area contributed by atoms with Gasteiger partial charge in [-0.25, -0.2) is 4.98 Å². The topological polar surface area (TPSA) is 73.7 Å². The molecule has 0 fully saturated rings. The lowest BCUT2D eigenvalue weighted by Gasteiger charge is -2.31. The summed E-state index contributed by atoms with van der Waals surface area (Å²) >= 11 is 1.43. The van der Waals surface area contributed by atoms with Crippen molar-refractivity contribution in [3.05, 3.63) is 52.4 Å². The molecule has 3 heterocycles. The number of amides is 1. The van der Waals surface area contributed by atoms with Gasteiger partial charge in [-0.2, -0.15) is 0 Å². The van der Waals surface area contributed by atoms with Gasteiger partial charge in [-0.1, -0.05) is 12.1 Å². The smallest absolute Gasteiger partial charge is 0.262 e. The molecule has 146 valence electrons. The molecule has 1 aromatic carbocycles. The number of aryl methyl sites for hydroxylation is 1. The first-order valence-electron chi connectivity index (χ1n) is 9.24. The summed E-state index contributed by atoms with van der Waals surface area (Å²) in [4.78, 5) is 31.9. The maximum Gasteiger partial charge on any atom is 0.262 e. The van der Waals surface area contributed by atoms with Crippen LogP contribution in [0.4, 0.5) is 0 Å². The summed E-state index contributed by atoms with van der Waals surface area (Å²) in [5.41, 5.74) is -0.109. The van der Waals surface area contributed by atoms with Crippen LogP contribution in [0.25, 0.3) is 10.2 Å². The van der Waals surface area contributed by atoms with Gasteiger partial charge in [-0.3, -0.25) is 14.2 Å². The van der Waals surface area contributed by atoms with Crippen molar-refractivity contribution < 1.29 is 14.3 Å². The Hall–Kier alpha value is -2.87. The zero-order valence-electron chi connectivity index (χ0n) is 15.5. The quantitative estimate of drug-likeness (QED) is 0.637. The van der Waals surface area contributed by atoms with Crippen molar-refractivity contribution in [1.82, 2.24) is 14.5 Å². The van der Waals surface area contributed by atoms with Gasteiger partial charge in [0.25, 0.3) is 5.56 Å². The van der Waals surface area contributed by atoms with Crippen LogP contribution in [0.2, 0.25) is 0 Å². The molecule has 0 bridgehead atoms. The lowest BCUT2D eigenvalue weighted by molar-refractivity contribution is -0.132. The minimum atomic E-state index is -0.217. The average molecular weight is 399 g/mol. The van der Waals surface area contributed by atoms with E-state index in [1.54, 1.807) is 11.0 Å². The van der Waals surface area contributed by atoms with Crippen molar-refractivity contribution in [2.75, 3.05) is 19.7 Å². The molecule has 0 aliphatic carbocycles. The third kappa shape index (κ3) is 3.73. The van der Waals surface area contributed by atoms with E-state index in [-0.39, 0.29) is 24.0 Å². The predicted molar refractivity (Wildman–Crippen MR) is 107 cm³/mol. The Morgan fingerprint density at radius 2 is 2.14 bits per heavy atom. The minimum absolute atomic E-state index is 0.0257. The number of para-hydroxylation sites is 2. The van der Waals surface area contributed by atoms with Gasteiger partial charge in [0.1, 0.15) is 11.4 Å². The standard InChI is InChI=1S/C20H21N3O4S/c1-2-22(11-14-12-26-16-5-3-4-6-17(16)27-14)18(24)7-9-23-13-21-19-15(20(23)25)8-10-28-19/h3-6,8,10,13-14H,2,7,9,11-12H2,1H3. The number of rotatable bonds is 6. The highest BCUT2D eigenvalue weighted by Crippen LogP contribution is 2.31. The minimum Gasteiger partial charge on any atom is -0.486 e. The number of ether oxygens (including phenoxy) is 2. The molecule has 2 aromatic heterocycles. The van der Waals surface area contributed by atoms with Gasteiger partial charge in [-0.05, 0) is 30.5 Å². The second-order valence-corrected chi connectivity index (χ2v) is 7.46. The van der Waals surface area contributed by atoms with Crippen LogP contribution >= 0.6 is 11.3 Å². The molecule has 1 aliphatic rings. The summed E-state index contributed by atoms with van der Waals surface area (Å²) in [7, 11) is 0.